The molecule has 1 rings (SSSR count). The molecule has 0 aromatic heterocycles. The molecule has 1 aromatic rings. The summed E-state index contributed by atoms with van der Waals surface area (Å²) in [7, 11) is 0. The number of hydrogen-bond donors (Lipinski definition) is 0. The van der Waals surface area contributed by atoms with Gasteiger partial charge in [-0.2, -0.15) is 0 Å². The number of unbranched alkanes of at least 4 members (excludes halogenated alkanes) is 1. The van der Waals surface area contributed by atoms with Gasteiger partial charge in [-0.3, -0.25) is 0 Å². The quantitative estimate of drug-likeness (QED) is 0.658. The topological polar surface area (TPSA) is 0 Å². The van der Waals surface area contributed by atoms with Crippen molar-refractivity contribution in [2.24, 2.45) is 0 Å². The Kier molecular flexibility index (Phi) is 4.19. The number of aryl methyl sites for hydroxylation is 1. The fraction of sp³-hybridized carbons (Fsp3) is 0.500. The van der Waals surface area contributed by atoms with Crippen molar-refractivity contribution in [3.8, 4) is 12.3 Å². The molecule has 0 heteroatoms. The van der Waals surface area contributed by atoms with Gasteiger partial charge in [0, 0.05) is 5.56 Å². The normalized spacial score (nSPS) is 11.2. The number of hydrogen-bond acceptors (Lipinski definition) is 0. The van der Waals surface area contributed by atoms with Crippen LogP contribution in [0, 0.1) is 12.3 Å². The van der Waals surface area contributed by atoms with Gasteiger partial charge < -0.3 is 0 Å². The predicted molar refractivity (Wildman–Crippen MR) is 71.7 cm³/mol. The van der Waals surface area contributed by atoms with Crippen molar-refractivity contribution < 1.29 is 0 Å². The smallest absolute Gasteiger partial charge is 0.0248 e. The molecular formula is C16H22. The largest absolute Gasteiger partial charge is 0.115 e. The maximum absolute atomic E-state index is 5.51. The highest BCUT2D eigenvalue weighted by Crippen LogP contribution is 2.25. The van der Waals surface area contributed by atoms with Crippen LogP contribution >= 0.6 is 0 Å². The SMILES string of the molecule is C#Cc1cc(CCCC)cc(C(C)(C)C)c1. The Hall–Kier alpha value is -1.22. The third kappa shape index (κ3) is 3.42. The van der Waals surface area contributed by atoms with E-state index in [0.29, 0.717) is 0 Å². The molecule has 0 nitrogen and oxygen atoms in total. The van der Waals surface area contributed by atoms with Crippen LogP contribution in [0.15, 0.2) is 18.2 Å². The molecule has 0 atom stereocenters. The van der Waals surface area contributed by atoms with Crippen molar-refractivity contribution in [3.63, 3.8) is 0 Å². The molecule has 0 aliphatic rings. The Morgan fingerprint density at radius 3 is 2.38 bits per heavy atom. The lowest BCUT2D eigenvalue weighted by atomic mass is 9.84. The van der Waals surface area contributed by atoms with E-state index >= 15 is 0 Å². The van der Waals surface area contributed by atoms with Crippen molar-refractivity contribution in [3.05, 3.63) is 34.9 Å². The van der Waals surface area contributed by atoms with Crippen molar-refractivity contribution >= 4 is 0 Å². The van der Waals surface area contributed by atoms with Gasteiger partial charge in [0.05, 0.1) is 0 Å². The van der Waals surface area contributed by atoms with Crippen LogP contribution in [0.5, 0.6) is 0 Å². The van der Waals surface area contributed by atoms with E-state index in [9.17, 15) is 0 Å². The van der Waals surface area contributed by atoms with Crippen LogP contribution < -0.4 is 0 Å². The summed E-state index contributed by atoms with van der Waals surface area (Å²) < 4.78 is 0. The fourth-order valence-electron chi connectivity index (χ4n) is 1.73. The van der Waals surface area contributed by atoms with Gasteiger partial charge in [0.25, 0.3) is 0 Å². The van der Waals surface area contributed by atoms with Crippen molar-refractivity contribution in [1.29, 1.82) is 0 Å². The zero-order chi connectivity index (χ0) is 12.2. The van der Waals surface area contributed by atoms with E-state index in [0.717, 1.165) is 12.0 Å². The Morgan fingerprint density at radius 1 is 1.19 bits per heavy atom. The molecule has 86 valence electrons. The lowest BCUT2D eigenvalue weighted by Gasteiger charge is -2.20. The molecule has 0 saturated heterocycles. The molecule has 0 N–H and O–H groups in total. The monoisotopic (exact) mass is 214 g/mol. The van der Waals surface area contributed by atoms with E-state index in [1.807, 2.05) is 0 Å². The highest BCUT2D eigenvalue weighted by molar-refractivity contribution is 5.41. The summed E-state index contributed by atoms with van der Waals surface area (Å²) in [6.45, 7) is 8.90. The minimum atomic E-state index is 0.174. The summed E-state index contributed by atoms with van der Waals surface area (Å²) in [6, 6.07) is 6.58. The number of benzene rings is 1. The van der Waals surface area contributed by atoms with Gasteiger partial charge in [0.1, 0.15) is 0 Å². The van der Waals surface area contributed by atoms with E-state index in [2.05, 4.69) is 51.8 Å². The fourth-order valence-corrected chi connectivity index (χ4v) is 1.73. The van der Waals surface area contributed by atoms with Crippen LogP contribution in [0.2, 0.25) is 0 Å². The van der Waals surface area contributed by atoms with Crippen LogP contribution in [0.4, 0.5) is 0 Å². The Balaban J connectivity index is 3.07. The first kappa shape index (κ1) is 12.8. The van der Waals surface area contributed by atoms with E-state index in [-0.39, 0.29) is 5.41 Å². The second-order valence-corrected chi connectivity index (χ2v) is 5.42. The van der Waals surface area contributed by atoms with Gasteiger partial charge in [0.2, 0.25) is 0 Å². The first-order chi connectivity index (χ1) is 7.47. The molecule has 1 aromatic carbocycles. The Morgan fingerprint density at radius 2 is 1.88 bits per heavy atom. The average Bonchev–Trinajstić information content (AvgIpc) is 2.24. The minimum Gasteiger partial charge on any atom is -0.115 e. The summed E-state index contributed by atoms with van der Waals surface area (Å²) in [6.07, 6.45) is 9.10. The van der Waals surface area contributed by atoms with Gasteiger partial charge in [-0.15, -0.1) is 6.42 Å². The van der Waals surface area contributed by atoms with E-state index < -0.39 is 0 Å². The summed E-state index contributed by atoms with van der Waals surface area (Å²) in [5, 5.41) is 0. The van der Waals surface area contributed by atoms with Crippen LogP contribution in [0.1, 0.15) is 57.2 Å². The molecule has 0 spiro atoms. The molecule has 0 bridgehead atoms. The number of terminal acetylenes is 1. The molecule has 0 aliphatic heterocycles. The lowest BCUT2D eigenvalue weighted by Crippen LogP contribution is -2.11. The second-order valence-electron chi connectivity index (χ2n) is 5.42. The van der Waals surface area contributed by atoms with E-state index in [1.54, 1.807) is 0 Å². The third-order valence-corrected chi connectivity index (χ3v) is 2.84. The van der Waals surface area contributed by atoms with Crippen molar-refractivity contribution in [1.82, 2.24) is 0 Å². The predicted octanol–water partition coefficient (Wildman–Crippen LogP) is 4.31. The van der Waals surface area contributed by atoms with Crippen LogP contribution in [-0.4, -0.2) is 0 Å². The lowest BCUT2D eigenvalue weighted by molar-refractivity contribution is 0.588. The highest BCUT2D eigenvalue weighted by atomic mass is 14.2. The van der Waals surface area contributed by atoms with Gasteiger partial charge >= 0.3 is 0 Å². The van der Waals surface area contributed by atoms with Crippen molar-refractivity contribution in [2.75, 3.05) is 0 Å². The van der Waals surface area contributed by atoms with Gasteiger partial charge in [0.15, 0.2) is 0 Å². The summed E-state index contributed by atoms with van der Waals surface area (Å²) >= 11 is 0. The van der Waals surface area contributed by atoms with Crippen LogP contribution in [0.25, 0.3) is 0 Å². The molecule has 0 amide bonds. The highest BCUT2D eigenvalue weighted by Gasteiger charge is 2.14. The molecule has 0 unspecified atom stereocenters. The second kappa shape index (κ2) is 5.21. The Labute approximate surface area is 100 Å². The molecule has 0 heterocycles. The molecular weight excluding hydrogens is 192 g/mol. The maximum Gasteiger partial charge on any atom is 0.0248 e. The molecule has 0 fully saturated rings. The molecule has 0 saturated carbocycles. The van der Waals surface area contributed by atoms with Crippen molar-refractivity contribution in [2.45, 2.75) is 52.4 Å². The zero-order valence-corrected chi connectivity index (χ0v) is 10.9. The first-order valence-corrected chi connectivity index (χ1v) is 6.08. The molecule has 16 heavy (non-hydrogen) atoms. The zero-order valence-electron chi connectivity index (χ0n) is 10.9. The van der Waals surface area contributed by atoms with Gasteiger partial charge in [-0.25, -0.2) is 0 Å². The average molecular weight is 214 g/mol. The molecule has 0 radical (unpaired) electrons. The summed E-state index contributed by atoms with van der Waals surface area (Å²) in [5.41, 5.74) is 3.91. The van der Waals surface area contributed by atoms with Crippen LogP contribution in [-0.2, 0) is 11.8 Å². The summed E-state index contributed by atoms with van der Waals surface area (Å²) in [4.78, 5) is 0. The Bertz CT molecular complexity index is 385. The minimum absolute atomic E-state index is 0.174. The van der Waals surface area contributed by atoms with Gasteiger partial charge in [-0.1, -0.05) is 46.1 Å². The first-order valence-electron chi connectivity index (χ1n) is 6.08. The van der Waals surface area contributed by atoms with E-state index in [1.165, 1.54) is 24.0 Å². The molecule has 0 aliphatic carbocycles. The standard InChI is InChI=1S/C16H22/c1-6-8-9-14-10-13(7-2)11-15(12-14)16(3,4)5/h2,10-12H,6,8-9H2,1,3-5H3. The third-order valence-electron chi connectivity index (χ3n) is 2.84. The van der Waals surface area contributed by atoms with Gasteiger partial charge in [-0.05, 0) is 41.5 Å². The summed E-state index contributed by atoms with van der Waals surface area (Å²) in [5.74, 6) is 2.76. The van der Waals surface area contributed by atoms with Crippen LogP contribution in [0.3, 0.4) is 0 Å². The van der Waals surface area contributed by atoms with E-state index in [4.69, 9.17) is 6.42 Å². The maximum atomic E-state index is 5.51. The number of rotatable bonds is 3.